The fourth-order valence-electron chi connectivity index (χ4n) is 2.70. The molecule has 0 saturated carbocycles. The van der Waals surface area contributed by atoms with Crippen molar-refractivity contribution in [2.24, 2.45) is 5.14 Å². The van der Waals surface area contributed by atoms with Crippen molar-refractivity contribution >= 4 is 32.3 Å². The van der Waals surface area contributed by atoms with Crippen molar-refractivity contribution in [1.29, 1.82) is 0 Å². The Morgan fingerprint density at radius 1 is 1.23 bits per heavy atom. The molecule has 3 rings (SSSR count). The number of non-ortho nitro benzene ring substituents is 1. The molecular formula is C16H15FN4O4S. The molecule has 0 aliphatic heterocycles. The molecule has 0 saturated heterocycles. The molecule has 1 aromatic heterocycles. The predicted octanol–water partition coefficient (Wildman–Crippen LogP) is 2.52. The second kappa shape index (κ2) is 6.73. The average Bonchev–Trinajstić information content (AvgIpc) is 2.96. The van der Waals surface area contributed by atoms with E-state index in [1.807, 2.05) is 0 Å². The largest absolute Gasteiger partial charge is 0.384 e. The van der Waals surface area contributed by atoms with Crippen molar-refractivity contribution in [3.63, 3.8) is 0 Å². The number of aromatic amines is 1. The Morgan fingerprint density at radius 3 is 2.69 bits per heavy atom. The number of aromatic nitrogens is 1. The zero-order valence-corrected chi connectivity index (χ0v) is 14.2. The minimum atomic E-state index is -4.13. The van der Waals surface area contributed by atoms with Crippen LogP contribution >= 0.6 is 0 Å². The number of H-pyrrole nitrogens is 1. The van der Waals surface area contributed by atoms with Gasteiger partial charge in [-0.25, -0.2) is 17.9 Å². The van der Waals surface area contributed by atoms with Gasteiger partial charge in [-0.3, -0.25) is 10.1 Å². The Balaban J connectivity index is 1.80. The van der Waals surface area contributed by atoms with Gasteiger partial charge in [0.2, 0.25) is 10.0 Å². The van der Waals surface area contributed by atoms with Crippen LogP contribution in [0.2, 0.25) is 0 Å². The monoisotopic (exact) mass is 378 g/mol. The van der Waals surface area contributed by atoms with E-state index in [-0.39, 0.29) is 22.1 Å². The van der Waals surface area contributed by atoms with Gasteiger partial charge in [0.15, 0.2) is 0 Å². The number of hydrogen-bond donors (Lipinski definition) is 3. The summed E-state index contributed by atoms with van der Waals surface area (Å²) < 4.78 is 36.6. The molecule has 1 heterocycles. The average molecular weight is 378 g/mol. The summed E-state index contributed by atoms with van der Waals surface area (Å²) in [5.41, 5.74) is 1.41. The molecule has 0 amide bonds. The number of nitro groups is 1. The van der Waals surface area contributed by atoms with Crippen LogP contribution in [-0.4, -0.2) is 24.9 Å². The second-order valence-electron chi connectivity index (χ2n) is 5.66. The molecule has 0 atom stereocenters. The van der Waals surface area contributed by atoms with Gasteiger partial charge in [-0.1, -0.05) is 0 Å². The van der Waals surface area contributed by atoms with Crippen molar-refractivity contribution in [2.45, 2.75) is 11.3 Å². The molecule has 0 aliphatic carbocycles. The number of benzene rings is 2. The van der Waals surface area contributed by atoms with Gasteiger partial charge < -0.3 is 10.3 Å². The van der Waals surface area contributed by atoms with E-state index >= 15 is 0 Å². The Bertz CT molecular complexity index is 1090. The minimum absolute atomic E-state index is 0.184. The van der Waals surface area contributed by atoms with Crippen LogP contribution in [0.3, 0.4) is 0 Å². The third kappa shape index (κ3) is 3.65. The zero-order chi connectivity index (χ0) is 18.9. The molecule has 0 fully saturated rings. The third-order valence-corrected chi connectivity index (χ3v) is 4.87. The summed E-state index contributed by atoms with van der Waals surface area (Å²) in [5, 5.41) is 19.8. The summed E-state index contributed by atoms with van der Waals surface area (Å²) in [6.07, 6.45) is 2.27. The number of anilines is 1. The van der Waals surface area contributed by atoms with E-state index in [0.29, 0.717) is 18.5 Å². The molecule has 0 bridgehead atoms. The Kier molecular flexibility index (Phi) is 4.62. The van der Waals surface area contributed by atoms with E-state index in [9.17, 15) is 22.9 Å². The second-order valence-corrected chi connectivity index (χ2v) is 7.19. The fraction of sp³-hybridized carbons (Fsp3) is 0.125. The first-order valence-corrected chi connectivity index (χ1v) is 9.11. The number of nitrogens with two attached hydrogens (primary N) is 1. The Hall–Kier alpha value is -2.98. The van der Waals surface area contributed by atoms with Gasteiger partial charge in [-0.05, 0) is 36.2 Å². The molecule has 4 N–H and O–H groups in total. The van der Waals surface area contributed by atoms with E-state index in [1.165, 1.54) is 24.3 Å². The third-order valence-electron chi connectivity index (χ3n) is 3.92. The lowest BCUT2D eigenvalue weighted by Crippen LogP contribution is -2.16. The topological polar surface area (TPSA) is 131 Å². The minimum Gasteiger partial charge on any atom is -0.384 e. The van der Waals surface area contributed by atoms with Crippen LogP contribution in [0.1, 0.15) is 5.56 Å². The zero-order valence-electron chi connectivity index (χ0n) is 13.4. The number of nitrogens with zero attached hydrogens (tertiary/aromatic N) is 1. The standard InChI is InChI=1S/C16H15FN4O4S/c17-11-1-3-13-10(9-20-15(13)7-11)5-6-19-14-4-2-12(21(22)23)8-16(14)26(18,24)25/h1-4,7-9,19-20H,5-6H2,(H2,18,24,25). The van der Waals surface area contributed by atoms with Crippen LogP contribution in [0.5, 0.6) is 0 Å². The number of rotatable bonds is 6. The highest BCUT2D eigenvalue weighted by atomic mass is 32.2. The van der Waals surface area contributed by atoms with Crippen LogP contribution in [0, 0.1) is 15.9 Å². The van der Waals surface area contributed by atoms with Gasteiger partial charge in [0.25, 0.3) is 5.69 Å². The molecule has 26 heavy (non-hydrogen) atoms. The lowest BCUT2D eigenvalue weighted by Gasteiger charge is -2.10. The molecule has 0 radical (unpaired) electrons. The highest BCUT2D eigenvalue weighted by Gasteiger charge is 2.19. The summed E-state index contributed by atoms with van der Waals surface area (Å²) in [6.45, 7) is 0.352. The Labute approximate surface area is 148 Å². The molecule has 0 unspecified atom stereocenters. The number of nitrogens with one attached hydrogen (secondary N) is 2. The summed E-state index contributed by atoms with van der Waals surface area (Å²) >= 11 is 0. The smallest absolute Gasteiger partial charge is 0.270 e. The van der Waals surface area contributed by atoms with Gasteiger partial charge in [0.05, 0.1) is 10.6 Å². The van der Waals surface area contributed by atoms with Crippen molar-refractivity contribution in [3.05, 3.63) is 64.1 Å². The number of hydrogen-bond acceptors (Lipinski definition) is 5. The quantitative estimate of drug-likeness (QED) is 0.448. The molecule has 3 aromatic rings. The molecular weight excluding hydrogens is 363 g/mol. The van der Waals surface area contributed by atoms with Crippen LogP contribution < -0.4 is 10.5 Å². The van der Waals surface area contributed by atoms with Gasteiger partial charge in [-0.2, -0.15) is 0 Å². The van der Waals surface area contributed by atoms with E-state index in [2.05, 4.69) is 10.3 Å². The van der Waals surface area contributed by atoms with Gasteiger partial charge >= 0.3 is 0 Å². The predicted molar refractivity (Wildman–Crippen MR) is 94.9 cm³/mol. The summed E-state index contributed by atoms with van der Waals surface area (Å²) in [6, 6.07) is 7.85. The van der Waals surface area contributed by atoms with E-state index in [4.69, 9.17) is 5.14 Å². The van der Waals surface area contributed by atoms with Crippen molar-refractivity contribution in [2.75, 3.05) is 11.9 Å². The molecule has 2 aromatic carbocycles. The Morgan fingerprint density at radius 2 is 2.00 bits per heavy atom. The molecule has 0 aliphatic rings. The van der Waals surface area contributed by atoms with E-state index in [0.717, 1.165) is 17.0 Å². The van der Waals surface area contributed by atoms with Crippen LogP contribution in [0.25, 0.3) is 10.9 Å². The van der Waals surface area contributed by atoms with Crippen molar-refractivity contribution in [3.8, 4) is 0 Å². The molecule has 10 heteroatoms. The van der Waals surface area contributed by atoms with Gasteiger partial charge in [-0.15, -0.1) is 0 Å². The van der Waals surface area contributed by atoms with E-state index in [1.54, 1.807) is 12.3 Å². The number of primary sulfonamides is 1. The van der Waals surface area contributed by atoms with Gasteiger partial charge in [0, 0.05) is 35.8 Å². The highest BCUT2D eigenvalue weighted by Crippen LogP contribution is 2.26. The highest BCUT2D eigenvalue weighted by molar-refractivity contribution is 7.89. The van der Waals surface area contributed by atoms with Gasteiger partial charge in [0.1, 0.15) is 10.7 Å². The normalized spacial score (nSPS) is 11.6. The van der Waals surface area contributed by atoms with Crippen LogP contribution in [0.4, 0.5) is 15.8 Å². The molecule has 136 valence electrons. The number of nitro benzene ring substituents is 1. The molecule has 8 nitrogen and oxygen atoms in total. The lowest BCUT2D eigenvalue weighted by atomic mass is 10.1. The summed E-state index contributed by atoms with van der Waals surface area (Å²) in [7, 11) is -4.13. The molecule has 0 spiro atoms. The van der Waals surface area contributed by atoms with Crippen molar-refractivity contribution < 1.29 is 17.7 Å². The fourth-order valence-corrected chi connectivity index (χ4v) is 3.43. The van der Waals surface area contributed by atoms with Crippen LogP contribution in [0.15, 0.2) is 47.5 Å². The lowest BCUT2D eigenvalue weighted by molar-refractivity contribution is -0.385. The summed E-state index contributed by atoms with van der Waals surface area (Å²) in [5.74, 6) is -0.340. The van der Waals surface area contributed by atoms with Crippen molar-refractivity contribution in [1.82, 2.24) is 4.98 Å². The van der Waals surface area contributed by atoms with Crippen LogP contribution in [-0.2, 0) is 16.4 Å². The van der Waals surface area contributed by atoms with E-state index < -0.39 is 14.9 Å². The first-order chi connectivity index (χ1) is 12.3. The summed E-state index contributed by atoms with van der Waals surface area (Å²) in [4.78, 5) is 12.8. The first-order valence-electron chi connectivity index (χ1n) is 7.56. The maximum Gasteiger partial charge on any atom is 0.270 e. The first kappa shape index (κ1) is 17.8. The maximum atomic E-state index is 13.2. The number of fused-ring (bicyclic) bond motifs is 1. The SMILES string of the molecule is NS(=O)(=O)c1cc([N+](=O)[O-])ccc1NCCc1c[nH]c2cc(F)ccc12. The number of sulfonamides is 1. The maximum absolute atomic E-state index is 13.2. The number of halogens is 1.